The summed E-state index contributed by atoms with van der Waals surface area (Å²) >= 11 is 12.5. The molecule has 0 radical (unpaired) electrons. The third kappa shape index (κ3) is 4.86. The Bertz CT molecular complexity index is 974. The molecule has 0 aromatic heterocycles. The Morgan fingerprint density at radius 2 is 1.74 bits per heavy atom. The number of halogens is 3. The Morgan fingerprint density at radius 3 is 2.39 bits per heavy atom. The molecule has 1 saturated heterocycles. The molecule has 8 heteroatoms. The largest absolute Gasteiger partial charge is 0.284 e. The number of hydrogen-bond donors (Lipinski definition) is 1. The number of benzene rings is 2. The van der Waals surface area contributed by atoms with Gasteiger partial charge in [0.25, 0.3) is 5.91 Å². The molecular formula is C23H25Cl2FN4O. The zero-order valence-corrected chi connectivity index (χ0v) is 18.8. The number of carbonyl (C=O) groups excluding carboxylic acids is 1. The predicted octanol–water partition coefficient (Wildman–Crippen LogP) is 5.59. The van der Waals surface area contributed by atoms with Crippen LogP contribution in [0.25, 0.3) is 0 Å². The van der Waals surface area contributed by atoms with Gasteiger partial charge in [0.05, 0.1) is 16.8 Å². The first-order chi connectivity index (χ1) is 14.9. The zero-order valence-electron chi connectivity index (χ0n) is 17.3. The normalized spacial score (nSPS) is 22.2. The minimum absolute atomic E-state index is 0.214. The Morgan fingerprint density at radius 1 is 1.06 bits per heavy atom. The summed E-state index contributed by atoms with van der Waals surface area (Å²) in [5.74, 6) is -0.760. The fourth-order valence-corrected chi connectivity index (χ4v) is 4.72. The molecule has 2 aliphatic rings. The molecule has 31 heavy (non-hydrogen) atoms. The zero-order chi connectivity index (χ0) is 22.0. The second kappa shape index (κ2) is 9.55. The molecule has 0 aliphatic carbocycles. The van der Waals surface area contributed by atoms with Crippen LogP contribution in [0.15, 0.2) is 47.6 Å². The number of amides is 1. The minimum Gasteiger partial charge on any atom is -0.284 e. The molecule has 2 atom stereocenters. The van der Waals surface area contributed by atoms with E-state index in [0.29, 0.717) is 21.4 Å². The summed E-state index contributed by atoms with van der Waals surface area (Å²) in [6, 6.07) is 11.1. The standard InChI is InChI=1S/C23H25Cl2FN4O/c1-15-21(23(31)28-29-12-4-2-3-5-13-29)27-30(20-11-8-17(24)14-19(20)25)22(15)16-6-9-18(26)10-7-16/h6-11,14-15,22H,2-5,12-13H2,1H3,(H,28,31)/t15-,22+/m0/s1. The summed E-state index contributed by atoms with van der Waals surface area (Å²) in [4.78, 5) is 13.2. The van der Waals surface area contributed by atoms with E-state index in [-0.39, 0.29) is 23.7 Å². The van der Waals surface area contributed by atoms with Gasteiger partial charge >= 0.3 is 0 Å². The van der Waals surface area contributed by atoms with Crippen molar-refractivity contribution in [2.24, 2.45) is 11.0 Å². The number of hydrazine groups is 1. The molecule has 5 nitrogen and oxygen atoms in total. The Labute approximate surface area is 191 Å². The highest BCUT2D eigenvalue weighted by Crippen LogP contribution is 2.42. The van der Waals surface area contributed by atoms with Crippen LogP contribution in [0.5, 0.6) is 0 Å². The molecular weight excluding hydrogens is 438 g/mol. The maximum Gasteiger partial charge on any atom is 0.282 e. The molecule has 0 spiro atoms. The summed E-state index contributed by atoms with van der Waals surface area (Å²) < 4.78 is 13.6. The van der Waals surface area contributed by atoms with Crippen LogP contribution in [0, 0.1) is 11.7 Å². The van der Waals surface area contributed by atoms with Crippen molar-refractivity contribution in [2.45, 2.75) is 38.6 Å². The van der Waals surface area contributed by atoms with Crippen molar-refractivity contribution in [3.63, 3.8) is 0 Å². The van der Waals surface area contributed by atoms with Crippen LogP contribution in [0.3, 0.4) is 0 Å². The number of nitrogens with one attached hydrogen (secondary N) is 1. The molecule has 4 rings (SSSR count). The molecule has 2 aromatic carbocycles. The van der Waals surface area contributed by atoms with E-state index in [1.165, 1.54) is 25.0 Å². The SMILES string of the molecule is C[C@H]1C(C(=O)NN2CCCCCC2)=NN(c2ccc(Cl)cc2Cl)[C@H]1c1ccc(F)cc1. The van der Waals surface area contributed by atoms with E-state index in [2.05, 4.69) is 10.5 Å². The van der Waals surface area contributed by atoms with Gasteiger partial charge in [0.2, 0.25) is 0 Å². The Hall–Kier alpha value is -2.15. The monoisotopic (exact) mass is 462 g/mol. The Balaban J connectivity index is 1.66. The number of anilines is 1. The molecule has 0 saturated carbocycles. The predicted molar refractivity (Wildman–Crippen MR) is 123 cm³/mol. The first-order valence-corrected chi connectivity index (χ1v) is 11.3. The average Bonchev–Trinajstić information content (AvgIpc) is 2.89. The van der Waals surface area contributed by atoms with Crippen LogP contribution in [0.1, 0.15) is 44.2 Å². The minimum atomic E-state index is -0.314. The smallest absolute Gasteiger partial charge is 0.282 e. The highest BCUT2D eigenvalue weighted by Gasteiger charge is 2.40. The molecule has 1 fully saturated rings. The van der Waals surface area contributed by atoms with Crippen molar-refractivity contribution in [1.29, 1.82) is 0 Å². The van der Waals surface area contributed by atoms with E-state index >= 15 is 0 Å². The fourth-order valence-electron chi connectivity index (χ4n) is 4.23. The van der Waals surface area contributed by atoms with Gasteiger partial charge in [-0.1, -0.05) is 55.1 Å². The van der Waals surface area contributed by atoms with Crippen LogP contribution < -0.4 is 10.4 Å². The lowest BCUT2D eigenvalue weighted by Crippen LogP contribution is -2.46. The van der Waals surface area contributed by atoms with Crippen molar-refractivity contribution < 1.29 is 9.18 Å². The highest BCUT2D eigenvalue weighted by atomic mass is 35.5. The van der Waals surface area contributed by atoms with E-state index in [9.17, 15) is 9.18 Å². The first-order valence-electron chi connectivity index (χ1n) is 10.6. The molecule has 0 unspecified atom stereocenters. The molecule has 0 bridgehead atoms. The van der Waals surface area contributed by atoms with Gasteiger partial charge in [-0.05, 0) is 48.7 Å². The summed E-state index contributed by atoms with van der Waals surface area (Å²) in [5.41, 5.74) is 4.94. The molecule has 2 heterocycles. The fraction of sp³-hybridized carbons (Fsp3) is 0.391. The van der Waals surface area contributed by atoms with Gasteiger partial charge in [-0.2, -0.15) is 5.10 Å². The quantitative estimate of drug-likeness (QED) is 0.643. The summed E-state index contributed by atoms with van der Waals surface area (Å²) in [7, 11) is 0. The third-order valence-corrected chi connectivity index (χ3v) is 6.39. The van der Waals surface area contributed by atoms with Crippen LogP contribution in [0.2, 0.25) is 10.0 Å². The molecule has 2 aliphatic heterocycles. The van der Waals surface area contributed by atoms with E-state index in [0.717, 1.165) is 31.5 Å². The summed E-state index contributed by atoms with van der Waals surface area (Å²) in [6.07, 6.45) is 4.48. The van der Waals surface area contributed by atoms with Gasteiger partial charge in [-0.25, -0.2) is 9.40 Å². The van der Waals surface area contributed by atoms with Crippen molar-refractivity contribution in [2.75, 3.05) is 18.1 Å². The van der Waals surface area contributed by atoms with Gasteiger partial charge < -0.3 is 0 Å². The van der Waals surface area contributed by atoms with Gasteiger partial charge in [-0.15, -0.1) is 0 Å². The van der Waals surface area contributed by atoms with Crippen LogP contribution in [-0.4, -0.2) is 29.7 Å². The molecule has 164 valence electrons. The van der Waals surface area contributed by atoms with Crippen molar-refractivity contribution in [3.05, 3.63) is 63.9 Å². The lowest BCUT2D eigenvalue weighted by molar-refractivity contribution is -0.119. The van der Waals surface area contributed by atoms with Crippen LogP contribution in [0.4, 0.5) is 10.1 Å². The van der Waals surface area contributed by atoms with Gasteiger partial charge in [0.15, 0.2) is 0 Å². The maximum absolute atomic E-state index is 13.6. The van der Waals surface area contributed by atoms with Crippen molar-refractivity contribution in [1.82, 2.24) is 10.4 Å². The van der Waals surface area contributed by atoms with Crippen LogP contribution >= 0.6 is 23.2 Å². The second-order valence-corrected chi connectivity index (χ2v) is 8.90. The van der Waals surface area contributed by atoms with Gasteiger partial charge in [-0.3, -0.25) is 15.2 Å². The molecule has 2 aromatic rings. The van der Waals surface area contributed by atoms with Crippen molar-refractivity contribution >= 4 is 40.5 Å². The molecule has 1 amide bonds. The average molecular weight is 463 g/mol. The molecule has 1 N–H and O–H groups in total. The van der Waals surface area contributed by atoms with Crippen molar-refractivity contribution in [3.8, 4) is 0 Å². The Kier molecular flexibility index (Phi) is 6.80. The van der Waals surface area contributed by atoms with E-state index < -0.39 is 0 Å². The number of hydrogen-bond acceptors (Lipinski definition) is 4. The van der Waals surface area contributed by atoms with E-state index in [4.69, 9.17) is 23.2 Å². The highest BCUT2D eigenvalue weighted by molar-refractivity contribution is 6.41. The number of carbonyl (C=O) groups is 1. The maximum atomic E-state index is 13.6. The number of rotatable bonds is 4. The first kappa shape index (κ1) is 22.1. The number of nitrogens with zero attached hydrogens (tertiary/aromatic N) is 3. The third-order valence-electron chi connectivity index (χ3n) is 5.85. The van der Waals surface area contributed by atoms with Crippen LogP contribution in [-0.2, 0) is 4.79 Å². The number of hydrazone groups is 1. The summed E-state index contributed by atoms with van der Waals surface area (Å²) in [6.45, 7) is 3.63. The second-order valence-electron chi connectivity index (χ2n) is 8.05. The lowest BCUT2D eigenvalue weighted by atomic mass is 9.91. The summed E-state index contributed by atoms with van der Waals surface area (Å²) in [5, 5.41) is 9.37. The van der Waals surface area contributed by atoms with Gasteiger partial charge in [0, 0.05) is 24.0 Å². The lowest BCUT2D eigenvalue weighted by Gasteiger charge is -2.27. The van der Waals surface area contributed by atoms with Gasteiger partial charge in [0.1, 0.15) is 11.5 Å². The topological polar surface area (TPSA) is 47.9 Å². The van der Waals surface area contributed by atoms with E-state index in [1.54, 1.807) is 35.3 Å². The van der Waals surface area contributed by atoms with E-state index in [1.807, 2.05) is 11.9 Å².